The van der Waals surface area contributed by atoms with Crippen LogP contribution in [-0.4, -0.2) is 26.2 Å². The Bertz CT molecular complexity index is 378. The first-order valence-corrected chi connectivity index (χ1v) is 7.40. The van der Waals surface area contributed by atoms with E-state index in [9.17, 15) is 4.39 Å². The fourth-order valence-corrected chi connectivity index (χ4v) is 2.76. The van der Waals surface area contributed by atoms with Crippen molar-refractivity contribution in [3.8, 4) is 0 Å². The molecule has 1 aliphatic heterocycles. The lowest BCUT2D eigenvalue weighted by molar-refractivity contribution is 0.357. The molecule has 0 unspecified atom stereocenters. The highest BCUT2D eigenvalue weighted by molar-refractivity contribution is 9.10. The Morgan fingerprint density at radius 3 is 2.89 bits per heavy atom. The molecular formula is C14H20BrFN2. The number of nitrogens with one attached hydrogen (secondary N) is 2. The van der Waals surface area contributed by atoms with Crippen LogP contribution >= 0.6 is 15.9 Å². The summed E-state index contributed by atoms with van der Waals surface area (Å²) in [6, 6.07) is 5.12. The van der Waals surface area contributed by atoms with Crippen molar-refractivity contribution in [3.63, 3.8) is 0 Å². The average Bonchev–Trinajstić information content (AvgIpc) is 2.40. The van der Waals surface area contributed by atoms with Gasteiger partial charge in [0.15, 0.2) is 0 Å². The number of halogens is 2. The van der Waals surface area contributed by atoms with Gasteiger partial charge in [-0.25, -0.2) is 4.39 Å². The van der Waals surface area contributed by atoms with Gasteiger partial charge in [-0.05, 0) is 75.1 Å². The summed E-state index contributed by atoms with van der Waals surface area (Å²) in [5.41, 5.74) is 0.780. The minimum Gasteiger partial charge on any atom is -0.317 e. The van der Waals surface area contributed by atoms with Crippen molar-refractivity contribution in [3.05, 3.63) is 34.1 Å². The predicted molar refractivity (Wildman–Crippen MR) is 76.3 cm³/mol. The molecule has 1 saturated heterocycles. The molecule has 1 aliphatic rings. The number of hydrogen-bond donors (Lipinski definition) is 2. The molecule has 0 aliphatic carbocycles. The SMILES string of the molecule is Fc1ccc(Br)cc1CCNCC1CCNCC1. The number of hydrogen-bond acceptors (Lipinski definition) is 2. The molecule has 4 heteroatoms. The molecule has 0 atom stereocenters. The highest BCUT2D eigenvalue weighted by Gasteiger charge is 2.12. The van der Waals surface area contributed by atoms with Gasteiger partial charge in [0.05, 0.1) is 0 Å². The van der Waals surface area contributed by atoms with Crippen LogP contribution in [0.4, 0.5) is 4.39 Å². The molecule has 100 valence electrons. The van der Waals surface area contributed by atoms with E-state index in [0.717, 1.165) is 48.6 Å². The van der Waals surface area contributed by atoms with E-state index in [-0.39, 0.29) is 5.82 Å². The quantitative estimate of drug-likeness (QED) is 0.817. The van der Waals surface area contributed by atoms with Crippen LogP contribution in [0.15, 0.2) is 22.7 Å². The van der Waals surface area contributed by atoms with Gasteiger partial charge in [0, 0.05) is 4.47 Å². The lowest BCUT2D eigenvalue weighted by Crippen LogP contribution is -2.34. The Morgan fingerprint density at radius 2 is 2.11 bits per heavy atom. The highest BCUT2D eigenvalue weighted by atomic mass is 79.9. The monoisotopic (exact) mass is 314 g/mol. The molecule has 0 radical (unpaired) electrons. The summed E-state index contributed by atoms with van der Waals surface area (Å²) in [7, 11) is 0. The van der Waals surface area contributed by atoms with E-state index in [1.807, 2.05) is 6.07 Å². The Kier molecular flexibility index (Phi) is 5.60. The number of benzene rings is 1. The Hall–Kier alpha value is -0.450. The summed E-state index contributed by atoms with van der Waals surface area (Å²) in [4.78, 5) is 0. The van der Waals surface area contributed by atoms with Crippen LogP contribution in [0.3, 0.4) is 0 Å². The predicted octanol–water partition coefficient (Wildman–Crippen LogP) is 2.72. The van der Waals surface area contributed by atoms with Gasteiger partial charge >= 0.3 is 0 Å². The second kappa shape index (κ2) is 7.22. The molecule has 1 aromatic rings. The molecular weight excluding hydrogens is 295 g/mol. The minimum atomic E-state index is -0.109. The Labute approximate surface area is 116 Å². The molecule has 0 saturated carbocycles. The third-order valence-electron chi connectivity index (χ3n) is 3.47. The van der Waals surface area contributed by atoms with Crippen LogP contribution in [0.5, 0.6) is 0 Å². The molecule has 0 spiro atoms. The normalized spacial score (nSPS) is 17.0. The minimum absolute atomic E-state index is 0.109. The Balaban J connectivity index is 1.69. The van der Waals surface area contributed by atoms with E-state index in [1.165, 1.54) is 18.9 Å². The molecule has 0 amide bonds. The summed E-state index contributed by atoms with van der Waals surface area (Å²) in [5, 5.41) is 6.80. The smallest absolute Gasteiger partial charge is 0.126 e. The van der Waals surface area contributed by atoms with Crippen LogP contribution in [0.25, 0.3) is 0 Å². The van der Waals surface area contributed by atoms with E-state index in [4.69, 9.17) is 0 Å². The molecule has 1 heterocycles. The maximum absolute atomic E-state index is 13.5. The van der Waals surface area contributed by atoms with Crippen molar-refractivity contribution in [2.24, 2.45) is 5.92 Å². The van der Waals surface area contributed by atoms with Crippen LogP contribution in [-0.2, 0) is 6.42 Å². The molecule has 0 aromatic heterocycles. The van der Waals surface area contributed by atoms with Crippen LogP contribution in [0, 0.1) is 11.7 Å². The molecule has 2 nitrogen and oxygen atoms in total. The lowest BCUT2D eigenvalue weighted by atomic mass is 9.98. The van der Waals surface area contributed by atoms with Gasteiger partial charge in [-0.15, -0.1) is 0 Å². The maximum Gasteiger partial charge on any atom is 0.126 e. The topological polar surface area (TPSA) is 24.1 Å². The van der Waals surface area contributed by atoms with Crippen LogP contribution < -0.4 is 10.6 Å². The van der Waals surface area contributed by atoms with Crippen molar-refractivity contribution in [1.82, 2.24) is 10.6 Å². The third-order valence-corrected chi connectivity index (χ3v) is 3.96. The average molecular weight is 315 g/mol. The van der Waals surface area contributed by atoms with Crippen molar-refractivity contribution in [1.29, 1.82) is 0 Å². The first kappa shape index (κ1) is 14.0. The van der Waals surface area contributed by atoms with Crippen molar-refractivity contribution in [2.75, 3.05) is 26.2 Å². The fourth-order valence-electron chi connectivity index (χ4n) is 2.35. The van der Waals surface area contributed by atoms with Gasteiger partial charge in [0.25, 0.3) is 0 Å². The second-order valence-electron chi connectivity index (χ2n) is 4.88. The highest BCUT2D eigenvalue weighted by Crippen LogP contribution is 2.16. The van der Waals surface area contributed by atoms with Gasteiger partial charge in [-0.2, -0.15) is 0 Å². The van der Waals surface area contributed by atoms with Crippen molar-refractivity contribution in [2.45, 2.75) is 19.3 Å². The third kappa shape index (κ3) is 4.34. The van der Waals surface area contributed by atoms with E-state index < -0.39 is 0 Å². The number of piperidine rings is 1. The van der Waals surface area contributed by atoms with Gasteiger partial charge in [0.2, 0.25) is 0 Å². The molecule has 1 fully saturated rings. The summed E-state index contributed by atoms with van der Waals surface area (Å²) < 4.78 is 14.4. The molecule has 1 aromatic carbocycles. The van der Waals surface area contributed by atoms with Gasteiger partial charge in [-0.1, -0.05) is 15.9 Å². The summed E-state index contributed by atoms with van der Waals surface area (Å²) >= 11 is 3.37. The van der Waals surface area contributed by atoms with Gasteiger partial charge in [-0.3, -0.25) is 0 Å². The zero-order chi connectivity index (χ0) is 12.8. The first-order valence-electron chi connectivity index (χ1n) is 6.61. The molecule has 0 bridgehead atoms. The maximum atomic E-state index is 13.5. The standard InChI is InChI=1S/C14H20BrFN2/c15-13-1-2-14(16)12(9-13)5-8-18-10-11-3-6-17-7-4-11/h1-2,9,11,17-18H,3-8,10H2. The molecule has 18 heavy (non-hydrogen) atoms. The van der Waals surface area contributed by atoms with E-state index in [1.54, 1.807) is 6.07 Å². The Morgan fingerprint density at radius 1 is 1.33 bits per heavy atom. The summed E-state index contributed by atoms with van der Waals surface area (Å²) in [5.74, 6) is 0.667. The lowest BCUT2D eigenvalue weighted by Gasteiger charge is -2.22. The van der Waals surface area contributed by atoms with E-state index >= 15 is 0 Å². The summed E-state index contributed by atoms with van der Waals surface area (Å²) in [6.45, 7) is 4.16. The van der Waals surface area contributed by atoms with E-state index in [0.29, 0.717) is 0 Å². The first-order chi connectivity index (χ1) is 8.75. The molecule has 2 N–H and O–H groups in total. The van der Waals surface area contributed by atoms with Gasteiger partial charge < -0.3 is 10.6 Å². The van der Waals surface area contributed by atoms with Crippen molar-refractivity contribution < 1.29 is 4.39 Å². The van der Waals surface area contributed by atoms with Crippen LogP contribution in [0.1, 0.15) is 18.4 Å². The second-order valence-corrected chi connectivity index (χ2v) is 5.80. The number of rotatable bonds is 5. The van der Waals surface area contributed by atoms with Crippen LogP contribution in [0.2, 0.25) is 0 Å². The zero-order valence-corrected chi connectivity index (χ0v) is 12.1. The summed E-state index contributed by atoms with van der Waals surface area (Å²) in [6.07, 6.45) is 3.24. The molecule has 2 rings (SSSR count). The van der Waals surface area contributed by atoms with E-state index in [2.05, 4.69) is 26.6 Å². The largest absolute Gasteiger partial charge is 0.317 e. The zero-order valence-electron chi connectivity index (χ0n) is 10.5. The fraction of sp³-hybridized carbons (Fsp3) is 0.571. The van der Waals surface area contributed by atoms with Crippen molar-refractivity contribution >= 4 is 15.9 Å². The van der Waals surface area contributed by atoms with Gasteiger partial charge in [0.1, 0.15) is 5.82 Å².